The summed E-state index contributed by atoms with van der Waals surface area (Å²) in [5, 5.41) is 4.01. The molecule has 4 nitrogen and oxygen atoms in total. The molecule has 3 rings (SSSR count). The van der Waals surface area contributed by atoms with Crippen molar-refractivity contribution in [1.29, 1.82) is 0 Å². The van der Waals surface area contributed by atoms with Crippen molar-refractivity contribution in [2.75, 3.05) is 0 Å². The Bertz CT molecular complexity index is 856. The summed E-state index contributed by atoms with van der Waals surface area (Å²) in [5.41, 5.74) is 4.17. The van der Waals surface area contributed by atoms with Crippen LogP contribution >= 0.6 is 11.3 Å². The second-order valence-electron chi connectivity index (χ2n) is 6.12. The van der Waals surface area contributed by atoms with Gasteiger partial charge < -0.3 is 5.32 Å². The van der Waals surface area contributed by atoms with Crippen LogP contribution < -0.4 is 5.32 Å². The van der Waals surface area contributed by atoms with Gasteiger partial charge in [-0.05, 0) is 32.4 Å². The van der Waals surface area contributed by atoms with Crippen LogP contribution in [0.4, 0.5) is 0 Å². The number of rotatable bonds is 5. The van der Waals surface area contributed by atoms with E-state index in [1.807, 2.05) is 26.0 Å². The van der Waals surface area contributed by atoms with Crippen LogP contribution in [0, 0.1) is 13.8 Å². The Hall–Kier alpha value is -2.53. The zero-order chi connectivity index (χ0) is 17.8. The van der Waals surface area contributed by atoms with Gasteiger partial charge in [0.2, 0.25) is 5.91 Å². The molecule has 0 aliphatic rings. The molecule has 128 valence electrons. The molecule has 1 amide bonds. The summed E-state index contributed by atoms with van der Waals surface area (Å²) in [7, 11) is 0. The van der Waals surface area contributed by atoms with Crippen LogP contribution in [0.2, 0.25) is 0 Å². The molecule has 0 aliphatic carbocycles. The van der Waals surface area contributed by atoms with Crippen LogP contribution in [-0.4, -0.2) is 15.9 Å². The Balaban J connectivity index is 1.74. The van der Waals surface area contributed by atoms with Crippen LogP contribution in [0.15, 0.2) is 48.8 Å². The molecule has 0 radical (unpaired) electrons. The zero-order valence-corrected chi connectivity index (χ0v) is 15.4. The number of aromatic nitrogens is 2. The maximum absolute atomic E-state index is 12.5. The first kappa shape index (κ1) is 17.3. The fourth-order valence-electron chi connectivity index (χ4n) is 2.68. The van der Waals surface area contributed by atoms with Crippen molar-refractivity contribution in [3.05, 3.63) is 69.8 Å². The van der Waals surface area contributed by atoms with Crippen LogP contribution in [0.5, 0.6) is 0 Å². The fraction of sp³-hybridized carbons (Fsp3) is 0.250. The number of pyridine rings is 1. The quantitative estimate of drug-likeness (QED) is 0.748. The molecular weight excluding hydrogens is 330 g/mol. The van der Waals surface area contributed by atoms with Gasteiger partial charge in [-0.25, -0.2) is 4.98 Å². The first-order valence-electron chi connectivity index (χ1n) is 8.25. The highest BCUT2D eigenvalue weighted by molar-refractivity contribution is 7.12. The number of amides is 1. The van der Waals surface area contributed by atoms with Gasteiger partial charge in [-0.3, -0.25) is 9.78 Å². The third-order valence-electron chi connectivity index (χ3n) is 4.01. The third kappa shape index (κ3) is 4.31. The Morgan fingerprint density at radius 1 is 1.20 bits per heavy atom. The van der Waals surface area contributed by atoms with Crippen molar-refractivity contribution < 1.29 is 4.79 Å². The van der Waals surface area contributed by atoms with E-state index in [0.717, 1.165) is 26.7 Å². The van der Waals surface area contributed by atoms with Gasteiger partial charge in [-0.15, -0.1) is 11.3 Å². The molecule has 1 unspecified atom stereocenters. The number of nitrogens with one attached hydrogen (secondary N) is 1. The Kier molecular flexibility index (Phi) is 5.24. The molecule has 3 aromatic rings. The molecule has 2 heterocycles. The minimum absolute atomic E-state index is 0.00614. The standard InChI is InChI=1S/C20H21N3OS/c1-13-6-8-16(9-7-13)20-18(25-15(3)23-20)11-19(24)22-14(2)17-5-4-10-21-12-17/h4-10,12,14H,11H2,1-3H3,(H,22,24). The van der Waals surface area contributed by atoms with Crippen molar-refractivity contribution in [1.82, 2.24) is 15.3 Å². The average Bonchev–Trinajstić information content (AvgIpc) is 2.96. The number of carbonyl (C=O) groups is 1. The number of aryl methyl sites for hydroxylation is 2. The number of benzene rings is 1. The van der Waals surface area contributed by atoms with Gasteiger partial charge >= 0.3 is 0 Å². The van der Waals surface area contributed by atoms with Gasteiger partial charge in [0.1, 0.15) is 0 Å². The molecule has 5 heteroatoms. The normalized spacial score (nSPS) is 12.0. The van der Waals surface area contributed by atoms with Crippen LogP contribution in [-0.2, 0) is 11.2 Å². The van der Waals surface area contributed by atoms with E-state index in [0.29, 0.717) is 6.42 Å². The molecule has 0 aliphatic heterocycles. The second-order valence-corrected chi connectivity index (χ2v) is 7.41. The Morgan fingerprint density at radius 2 is 1.96 bits per heavy atom. The molecule has 0 saturated heterocycles. The van der Waals surface area contributed by atoms with Crippen molar-refractivity contribution in [3.63, 3.8) is 0 Å². The molecule has 1 atom stereocenters. The van der Waals surface area contributed by atoms with Crippen molar-refractivity contribution >= 4 is 17.2 Å². The summed E-state index contributed by atoms with van der Waals surface area (Å²) in [6.07, 6.45) is 3.84. The molecule has 2 aromatic heterocycles. The Labute approximate surface area is 152 Å². The van der Waals surface area contributed by atoms with E-state index in [9.17, 15) is 4.79 Å². The number of nitrogens with zero attached hydrogens (tertiary/aromatic N) is 2. The topological polar surface area (TPSA) is 54.9 Å². The lowest BCUT2D eigenvalue weighted by atomic mass is 10.1. The van der Waals surface area contributed by atoms with E-state index in [1.54, 1.807) is 23.7 Å². The van der Waals surface area contributed by atoms with Gasteiger partial charge in [0, 0.05) is 22.8 Å². The highest BCUT2D eigenvalue weighted by Crippen LogP contribution is 2.29. The van der Waals surface area contributed by atoms with Gasteiger partial charge in [0.15, 0.2) is 0 Å². The molecule has 0 bridgehead atoms. The monoisotopic (exact) mass is 351 g/mol. The predicted molar refractivity (Wildman–Crippen MR) is 102 cm³/mol. The van der Waals surface area contributed by atoms with Crippen molar-refractivity contribution in [2.24, 2.45) is 0 Å². The minimum Gasteiger partial charge on any atom is -0.349 e. The summed E-state index contributed by atoms with van der Waals surface area (Å²) in [6.45, 7) is 6.00. The number of hydrogen-bond donors (Lipinski definition) is 1. The van der Waals surface area contributed by atoms with E-state index in [-0.39, 0.29) is 11.9 Å². The SMILES string of the molecule is Cc1ccc(-c2nc(C)sc2CC(=O)NC(C)c2cccnc2)cc1. The first-order valence-corrected chi connectivity index (χ1v) is 9.07. The van der Waals surface area contributed by atoms with E-state index >= 15 is 0 Å². The smallest absolute Gasteiger partial charge is 0.225 e. The lowest BCUT2D eigenvalue weighted by molar-refractivity contribution is -0.121. The summed E-state index contributed by atoms with van der Waals surface area (Å²) in [5.74, 6) is -0.00614. The van der Waals surface area contributed by atoms with Crippen molar-refractivity contribution in [2.45, 2.75) is 33.2 Å². The lowest BCUT2D eigenvalue weighted by Crippen LogP contribution is -2.28. The fourth-order valence-corrected chi connectivity index (χ4v) is 3.64. The minimum atomic E-state index is -0.0713. The number of hydrogen-bond acceptors (Lipinski definition) is 4. The molecule has 0 spiro atoms. The lowest BCUT2D eigenvalue weighted by Gasteiger charge is -2.13. The van der Waals surface area contributed by atoms with Crippen molar-refractivity contribution in [3.8, 4) is 11.3 Å². The van der Waals surface area contributed by atoms with Gasteiger partial charge in [-0.1, -0.05) is 35.9 Å². The summed E-state index contributed by atoms with van der Waals surface area (Å²) in [6, 6.07) is 12.0. The van der Waals surface area contributed by atoms with E-state index < -0.39 is 0 Å². The molecule has 0 saturated carbocycles. The molecule has 25 heavy (non-hydrogen) atoms. The van der Waals surface area contributed by atoms with Gasteiger partial charge in [0.25, 0.3) is 0 Å². The number of carbonyl (C=O) groups excluding carboxylic acids is 1. The van der Waals surface area contributed by atoms with Crippen LogP contribution in [0.1, 0.15) is 34.0 Å². The molecule has 1 aromatic carbocycles. The zero-order valence-electron chi connectivity index (χ0n) is 14.6. The highest BCUT2D eigenvalue weighted by Gasteiger charge is 2.16. The maximum Gasteiger partial charge on any atom is 0.225 e. The molecule has 1 N–H and O–H groups in total. The predicted octanol–water partition coefficient (Wildman–Crippen LogP) is 4.24. The summed E-state index contributed by atoms with van der Waals surface area (Å²) in [4.78, 5) is 22.2. The van der Waals surface area contributed by atoms with Crippen LogP contribution in [0.25, 0.3) is 11.3 Å². The first-order chi connectivity index (χ1) is 12.0. The average molecular weight is 351 g/mol. The van der Waals surface area contributed by atoms with Gasteiger partial charge in [-0.2, -0.15) is 0 Å². The van der Waals surface area contributed by atoms with E-state index in [1.165, 1.54) is 5.56 Å². The Morgan fingerprint density at radius 3 is 2.64 bits per heavy atom. The van der Waals surface area contributed by atoms with Crippen LogP contribution in [0.3, 0.4) is 0 Å². The summed E-state index contributed by atoms with van der Waals surface area (Å²) < 4.78 is 0. The van der Waals surface area contributed by atoms with Gasteiger partial charge in [0.05, 0.1) is 23.2 Å². The molecular formula is C20H21N3OS. The van der Waals surface area contributed by atoms with E-state index in [4.69, 9.17) is 0 Å². The molecule has 0 fully saturated rings. The third-order valence-corrected chi connectivity index (χ3v) is 4.98. The number of thiazole rings is 1. The highest BCUT2D eigenvalue weighted by atomic mass is 32.1. The van der Waals surface area contributed by atoms with E-state index in [2.05, 4.69) is 46.5 Å². The largest absolute Gasteiger partial charge is 0.349 e. The maximum atomic E-state index is 12.5. The second kappa shape index (κ2) is 7.57. The summed E-state index contributed by atoms with van der Waals surface area (Å²) >= 11 is 1.58.